The van der Waals surface area contributed by atoms with Gasteiger partial charge in [-0.2, -0.15) is 5.10 Å². The summed E-state index contributed by atoms with van der Waals surface area (Å²) in [5.41, 5.74) is 6.38. The van der Waals surface area contributed by atoms with Crippen molar-refractivity contribution in [2.45, 2.75) is 31.1 Å². The number of carbonyl (C=O) groups is 1. The molecule has 182 valence electrons. The van der Waals surface area contributed by atoms with Gasteiger partial charge >= 0.3 is 0 Å². The van der Waals surface area contributed by atoms with E-state index in [1.807, 2.05) is 18.2 Å². The number of aryl methyl sites for hydroxylation is 2. The number of anilines is 1. The summed E-state index contributed by atoms with van der Waals surface area (Å²) in [6, 6.07) is 18.6. The van der Waals surface area contributed by atoms with Crippen molar-refractivity contribution in [2.75, 3.05) is 18.0 Å². The number of nitrogens with zero attached hydrogens (tertiary/aromatic N) is 2. The molecule has 7 nitrogen and oxygen atoms in total. The summed E-state index contributed by atoms with van der Waals surface area (Å²) >= 11 is 6.08. The second-order valence-electron chi connectivity index (χ2n) is 8.23. The van der Waals surface area contributed by atoms with Crippen LogP contribution in [-0.4, -0.2) is 33.7 Å². The van der Waals surface area contributed by atoms with Crippen molar-refractivity contribution < 1.29 is 17.9 Å². The molecule has 0 fully saturated rings. The number of hydrogen-bond acceptors (Lipinski definition) is 5. The number of fused-ring (bicyclic) bond motifs is 1. The van der Waals surface area contributed by atoms with Gasteiger partial charge < -0.3 is 4.74 Å². The molecule has 0 saturated heterocycles. The molecule has 4 rings (SSSR count). The van der Waals surface area contributed by atoms with Crippen molar-refractivity contribution in [3.8, 4) is 5.75 Å². The molecule has 0 aromatic heterocycles. The first-order valence-corrected chi connectivity index (χ1v) is 13.0. The lowest BCUT2D eigenvalue weighted by Crippen LogP contribution is -2.40. The first kappa shape index (κ1) is 24.8. The maximum Gasteiger partial charge on any atom is 0.264 e. The van der Waals surface area contributed by atoms with Crippen LogP contribution in [0.25, 0.3) is 0 Å². The summed E-state index contributed by atoms with van der Waals surface area (Å²) in [4.78, 5) is 13.1. The Hall–Kier alpha value is -3.36. The van der Waals surface area contributed by atoms with Gasteiger partial charge in [-0.1, -0.05) is 29.8 Å². The normalized spacial score (nSPS) is 14.3. The SMILES string of the molecule is COc1ccc2c(c1)CCCC2=NNC(=O)CN(c1ccc(Cl)cc1C)S(=O)(=O)c1ccccc1. The lowest BCUT2D eigenvalue weighted by Gasteiger charge is -2.25. The molecule has 1 aliphatic rings. The van der Waals surface area contributed by atoms with Crippen molar-refractivity contribution in [1.29, 1.82) is 0 Å². The molecule has 0 unspecified atom stereocenters. The van der Waals surface area contributed by atoms with Crippen LogP contribution in [0.1, 0.15) is 29.5 Å². The van der Waals surface area contributed by atoms with Crippen molar-refractivity contribution in [2.24, 2.45) is 5.10 Å². The minimum Gasteiger partial charge on any atom is -0.497 e. The standard InChI is InChI=1S/C26H26ClN3O4S/c1-18-15-20(27)11-14-25(18)30(35(32,33)22-8-4-3-5-9-22)17-26(31)29-28-24-10-6-7-19-16-21(34-2)12-13-23(19)24/h3-5,8-9,11-16H,6-7,10,17H2,1-2H3,(H,29,31). The first-order valence-electron chi connectivity index (χ1n) is 11.2. The second kappa shape index (κ2) is 10.5. The molecule has 3 aromatic carbocycles. The highest BCUT2D eigenvalue weighted by Crippen LogP contribution is 2.29. The number of methoxy groups -OCH3 is 1. The smallest absolute Gasteiger partial charge is 0.264 e. The van der Waals surface area contributed by atoms with Crippen LogP contribution in [-0.2, 0) is 21.2 Å². The highest BCUT2D eigenvalue weighted by molar-refractivity contribution is 7.92. The molecule has 0 heterocycles. The minimum absolute atomic E-state index is 0.0867. The third-order valence-corrected chi connectivity index (χ3v) is 7.85. The highest BCUT2D eigenvalue weighted by Gasteiger charge is 2.28. The van der Waals surface area contributed by atoms with Crippen molar-refractivity contribution in [3.05, 3.63) is 88.4 Å². The van der Waals surface area contributed by atoms with Gasteiger partial charge in [-0.3, -0.25) is 9.10 Å². The molecule has 1 amide bonds. The van der Waals surface area contributed by atoms with E-state index in [2.05, 4.69) is 10.5 Å². The number of sulfonamides is 1. The van der Waals surface area contributed by atoms with Crippen LogP contribution in [0.2, 0.25) is 5.02 Å². The Kier molecular flexibility index (Phi) is 7.42. The minimum atomic E-state index is -4.02. The number of benzene rings is 3. The van der Waals surface area contributed by atoms with E-state index in [-0.39, 0.29) is 4.90 Å². The predicted molar refractivity (Wildman–Crippen MR) is 138 cm³/mol. The second-order valence-corrected chi connectivity index (χ2v) is 10.5. The molecule has 0 saturated carbocycles. The van der Waals surface area contributed by atoms with Crippen molar-refractivity contribution >= 4 is 38.9 Å². The maximum atomic E-state index is 13.5. The number of hydrazone groups is 1. The van der Waals surface area contributed by atoms with Crippen LogP contribution in [0.4, 0.5) is 5.69 Å². The molecule has 1 aliphatic carbocycles. The largest absolute Gasteiger partial charge is 0.497 e. The van der Waals surface area contributed by atoms with Crippen molar-refractivity contribution in [3.63, 3.8) is 0 Å². The first-order chi connectivity index (χ1) is 16.8. The van der Waals surface area contributed by atoms with Gasteiger partial charge in [-0.15, -0.1) is 0 Å². The molecule has 0 atom stereocenters. The van der Waals surface area contributed by atoms with Crippen LogP contribution in [0.15, 0.2) is 76.7 Å². The summed E-state index contributed by atoms with van der Waals surface area (Å²) in [6.07, 6.45) is 2.51. The number of carbonyl (C=O) groups excluding carboxylic acids is 1. The molecular weight excluding hydrogens is 486 g/mol. The van der Waals surface area contributed by atoms with Gasteiger partial charge in [0.1, 0.15) is 12.3 Å². The van der Waals surface area contributed by atoms with E-state index < -0.39 is 22.5 Å². The van der Waals surface area contributed by atoms with Crippen LogP contribution in [0.3, 0.4) is 0 Å². The maximum absolute atomic E-state index is 13.5. The van der Waals surface area contributed by atoms with Gasteiger partial charge in [0.05, 0.1) is 23.4 Å². The van der Waals surface area contributed by atoms with Crippen LogP contribution in [0.5, 0.6) is 5.75 Å². The molecule has 0 spiro atoms. The molecule has 9 heteroatoms. The van der Waals surface area contributed by atoms with Gasteiger partial charge in [0.25, 0.3) is 15.9 Å². The van der Waals surface area contributed by atoms with E-state index in [0.29, 0.717) is 22.7 Å². The highest BCUT2D eigenvalue weighted by atomic mass is 35.5. The van der Waals surface area contributed by atoms with Gasteiger partial charge in [0.15, 0.2) is 0 Å². The third kappa shape index (κ3) is 5.49. The van der Waals surface area contributed by atoms with Gasteiger partial charge in [0, 0.05) is 10.6 Å². The zero-order valence-electron chi connectivity index (χ0n) is 19.5. The Morgan fingerprint density at radius 1 is 1.09 bits per heavy atom. The quantitative estimate of drug-likeness (QED) is 0.465. The molecule has 0 radical (unpaired) electrons. The Morgan fingerprint density at radius 3 is 2.57 bits per heavy atom. The molecule has 35 heavy (non-hydrogen) atoms. The fourth-order valence-corrected chi connectivity index (χ4v) is 5.83. The zero-order valence-corrected chi connectivity index (χ0v) is 21.1. The topological polar surface area (TPSA) is 88.1 Å². The predicted octanol–water partition coefficient (Wildman–Crippen LogP) is 4.71. The summed E-state index contributed by atoms with van der Waals surface area (Å²) in [6.45, 7) is 1.31. The summed E-state index contributed by atoms with van der Waals surface area (Å²) in [5.74, 6) is 0.223. The molecule has 1 N–H and O–H groups in total. The lowest BCUT2D eigenvalue weighted by molar-refractivity contribution is -0.119. The number of ether oxygens (including phenoxy) is 1. The number of hydrogen-bond donors (Lipinski definition) is 1. The Morgan fingerprint density at radius 2 is 1.86 bits per heavy atom. The van der Waals surface area contributed by atoms with Gasteiger partial charge in [-0.05, 0) is 85.8 Å². The summed E-state index contributed by atoms with van der Waals surface area (Å²) in [7, 11) is -2.39. The average Bonchev–Trinajstić information content (AvgIpc) is 2.86. The van der Waals surface area contributed by atoms with Crippen LogP contribution < -0.4 is 14.5 Å². The molecule has 0 bridgehead atoms. The molecule has 3 aromatic rings. The number of nitrogens with one attached hydrogen (secondary N) is 1. The fourth-order valence-electron chi connectivity index (χ4n) is 4.10. The number of amides is 1. The van der Waals surface area contributed by atoms with Gasteiger partial charge in [0.2, 0.25) is 0 Å². The van der Waals surface area contributed by atoms with E-state index in [9.17, 15) is 13.2 Å². The van der Waals surface area contributed by atoms with Crippen LogP contribution in [0, 0.1) is 6.92 Å². The van der Waals surface area contributed by atoms with Crippen molar-refractivity contribution in [1.82, 2.24) is 5.43 Å². The third-order valence-electron chi connectivity index (χ3n) is 5.84. The fraction of sp³-hybridized carbons (Fsp3) is 0.231. The Balaban J connectivity index is 1.61. The van der Waals surface area contributed by atoms with E-state index in [0.717, 1.165) is 39.7 Å². The molecular formula is C26H26ClN3O4S. The average molecular weight is 512 g/mol. The van der Waals surface area contributed by atoms with E-state index in [1.165, 1.54) is 12.1 Å². The monoisotopic (exact) mass is 511 g/mol. The van der Waals surface area contributed by atoms with Crippen LogP contribution >= 0.6 is 11.6 Å². The number of rotatable bonds is 7. The number of halogens is 1. The molecule has 0 aliphatic heterocycles. The Bertz CT molecular complexity index is 1370. The zero-order chi connectivity index (χ0) is 25.0. The summed E-state index contributed by atoms with van der Waals surface area (Å²) in [5, 5.41) is 4.83. The van der Waals surface area contributed by atoms with E-state index >= 15 is 0 Å². The Labute approximate surface area is 210 Å². The van der Waals surface area contributed by atoms with E-state index in [1.54, 1.807) is 50.4 Å². The van der Waals surface area contributed by atoms with Gasteiger partial charge in [-0.25, -0.2) is 13.8 Å². The lowest BCUT2D eigenvalue weighted by atomic mass is 9.90. The van der Waals surface area contributed by atoms with E-state index in [4.69, 9.17) is 16.3 Å². The summed E-state index contributed by atoms with van der Waals surface area (Å²) < 4.78 is 33.4.